The fourth-order valence-electron chi connectivity index (χ4n) is 4.65. The zero-order valence-corrected chi connectivity index (χ0v) is 20.0. The van der Waals surface area contributed by atoms with E-state index in [0.717, 1.165) is 24.0 Å². The van der Waals surface area contributed by atoms with Gasteiger partial charge in [-0.05, 0) is 38.7 Å². The number of halogens is 1. The molecule has 188 valence electrons. The normalized spacial score (nSPS) is 21.9. The van der Waals surface area contributed by atoms with E-state index in [1.54, 1.807) is 35.3 Å². The maximum absolute atomic E-state index is 15.2. The number of anilines is 2. The smallest absolute Gasteiger partial charge is 0.407 e. The lowest BCUT2D eigenvalue weighted by molar-refractivity contribution is 0.0546. The molecule has 0 aromatic carbocycles. The van der Waals surface area contributed by atoms with Crippen LogP contribution in [0.2, 0.25) is 0 Å². The molecule has 0 spiro atoms. The number of rotatable bonds is 6. The molecule has 6 rings (SSSR count). The molecule has 11 nitrogen and oxygen atoms in total. The molecule has 2 saturated carbocycles. The van der Waals surface area contributed by atoms with Crippen LogP contribution in [0.15, 0.2) is 43.0 Å². The number of ether oxygens (including phenoxy) is 1. The summed E-state index contributed by atoms with van der Waals surface area (Å²) < 4.78 is 22.3. The third-order valence-corrected chi connectivity index (χ3v) is 6.98. The van der Waals surface area contributed by atoms with Gasteiger partial charge in [-0.2, -0.15) is 10.4 Å². The van der Waals surface area contributed by atoms with Crippen LogP contribution in [0.25, 0.3) is 16.8 Å². The quantitative estimate of drug-likeness (QED) is 0.359. The second kappa shape index (κ2) is 8.85. The van der Waals surface area contributed by atoms with Crippen molar-refractivity contribution in [3.63, 3.8) is 0 Å². The van der Waals surface area contributed by atoms with E-state index in [9.17, 15) is 10.1 Å². The predicted octanol–water partition coefficient (Wildman–Crippen LogP) is 3.99. The van der Waals surface area contributed by atoms with Crippen molar-refractivity contribution in [3.8, 4) is 17.2 Å². The van der Waals surface area contributed by atoms with E-state index in [2.05, 4.69) is 41.9 Å². The van der Waals surface area contributed by atoms with E-state index in [1.165, 1.54) is 0 Å². The highest BCUT2D eigenvalue weighted by molar-refractivity contribution is 5.78. The van der Waals surface area contributed by atoms with E-state index in [1.807, 2.05) is 19.1 Å². The number of aromatic nitrogens is 6. The molecule has 4 aromatic rings. The molecule has 1 amide bonds. The molecule has 4 heterocycles. The molecule has 0 unspecified atom stereocenters. The van der Waals surface area contributed by atoms with Crippen molar-refractivity contribution in [2.45, 2.75) is 56.3 Å². The number of pyridine rings is 1. The fraction of sp³-hybridized carbons (Fsp3) is 0.360. The van der Waals surface area contributed by atoms with Crippen molar-refractivity contribution >= 4 is 23.5 Å². The van der Waals surface area contributed by atoms with Gasteiger partial charge in [0.25, 0.3) is 0 Å². The highest BCUT2D eigenvalue weighted by Gasteiger charge is 2.43. The van der Waals surface area contributed by atoms with Crippen molar-refractivity contribution in [2.75, 3.05) is 5.32 Å². The Morgan fingerprint density at radius 1 is 1.35 bits per heavy atom. The van der Waals surface area contributed by atoms with Crippen LogP contribution in [0.4, 0.5) is 21.0 Å². The number of hydrogen-bond acceptors (Lipinski definition) is 8. The van der Waals surface area contributed by atoms with Gasteiger partial charge in [-0.3, -0.25) is 14.5 Å². The Hall–Kier alpha value is -4.53. The van der Waals surface area contributed by atoms with Gasteiger partial charge in [-0.1, -0.05) is 6.07 Å². The SMILES string of the molecule is CC1(NC(=O)O[C@H]2CC[C@@H](c3cc(Nc4ncc(-c5cccnc5)c5nc(C#N)cn45)n[nH]3)[C@H]2F)CC1. The average Bonchev–Trinajstić information content (AvgIpc) is 3.25. The molecule has 4 aromatic heterocycles. The summed E-state index contributed by atoms with van der Waals surface area (Å²) in [4.78, 5) is 25.2. The zero-order valence-electron chi connectivity index (χ0n) is 20.0. The topological polar surface area (TPSA) is 146 Å². The van der Waals surface area contributed by atoms with Crippen LogP contribution in [0.1, 0.15) is 49.9 Å². The van der Waals surface area contributed by atoms with Gasteiger partial charge in [-0.15, -0.1) is 0 Å². The van der Waals surface area contributed by atoms with Crippen LogP contribution in [0.3, 0.4) is 0 Å². The van der Waals surface area contributed by atoms with Crippen molar-refractivity contribution in [3.05, 3.63) is 54.4 Å². The number of fused-ring (bicyclic) bond motifs is 1. The standard InChI is InChI=1S/C25H24FN9O2/c1-25(6-7-25)32-24(36)37-19-5-4-16(21(19)26)18-9-20(34-33-18)31-23-29-12-17(14-3-2-8-28-11-14)22-30-15(10-27)13-35(22)23/h2-3,8-9,11-13,16,19,21H,4-7H2,1H3,(H,32,36)(H2,29,31,33,34)/t16-,19-,21+/m0/s1. The summed E-state index contributed by atoms with van der Waals surface area (Å²) in [6.07, 6.45) is 6.66. The summed E-state index contributed by atoms with van der Waals surface area (Å²) in [5, 5.41) is 22.5. The van der Waals surface area contributed by atoms with E-state index in [4.69, 9.17) is 4.74 Å². The van der Waals surface area contributed by atoms with E-state index in [0.29, 0.717) is 35.9 Å². The number of nitriles is 1. The molecule has 2 aliphatic carbocycles. The number of nitrogens with one attached hydrogen (secondary N) is 3. The molecule has 2 aliphatic rings. The van der Waals surface area contributed by atoms with Crippen molar-refractivity contribution < 1.29 is 13.9 Å². The Morgan fingerprint density at radius 2 is 2.22 bits per heavy atom. The lowest BCUT2D eigenvalue weighted by atomic mass is 10.0. The molecule has 0 bridgehead atoms. The minimum Gasteiger partial charge on any atom is -0.443 e. The molecule has 37 heavy (non-hydrogen) atoms. The molecule has 3 atom stereocenters. The van der Waals surface area contributed by atoms with Crippen LogP contribution in [0.5, 0.6) is 0 Å². The number of alkyl halides is 1. The Bertz CT molecular complexity index is 1510. The summed E-state index contributed by atoms with van der Waals surface area (Å²) in [7, 11) is 0. The molecule has 0 saturated heterocycles. The maximum Gasteiger partial charge on any atom is 0.407 e. The lowest BCUT2D eigenvalue weighted by Gasteiger charge is -2.19. The average molecular weight is 502 g/mol. The van der Waals surface area contributed by atoms with Gasteiger partial charge in [0.05, 0.1) is 6.20 Å². The highest BCUT2D eigenvalue weighted by atomic mass is 19.1. The highest BCUT2D eigenvalue weighted by Crippen LogP contribution is 2.39. The number of aromatic amines is 1. The second-order valence-corrected chi connectivity index (χ2v) is 9.76. The number of carbonyl (C=O) groups excluding carboxylic acids is 1. The maximum atomic E-state index is 15.2. The third-order valence-electron chi connectivity index (χ3n) is 6.98. The summed E-state index contributed by atoms with van der Waals surface area (Å²) >= 11 is 0. The first-order chi connectivity index (χ1) is 17.9. The number of alkyl carbamates (subject to hydrolysis) is 1. The van der Waals surface area contributed by atoms with Crippen LogP contribution >= 0.6 is 0 Å². The van der Waals surface area contributed by atoms with Crippen molar-refractivity contribution in [1.29, 1.82) is 5.26 Å². The first-order valence-corrected chi connectivity index (χ1v) is 12.1. The predicted molar refractivity (Wildman–Crippen MR) is 131 cm³/mol. The van der Waals surface area contributed by atoms with Crippen LogP contribution in [-0.4, -0.2) is 53.5 Å². The number of carbonyl (C=O) groups is 1. The third kappa shape index (κ3) is 4.44. The second-order valence-electron chi connectivity index (χ2n) is 9.76. The number of imidazole rings is 1. The van der Waals surface area contributed by atoms with Crippen LogP contribution in [0, 0.1) is 11.3 Å². The molecular formula is C25H24FN9O2. The van der Waals surface area contributed by atoms with E-state index >= 15 is 4.39 Å². The number of hydrogen-bond donors (Lipinski definition) is 3. The molecule has 0 radical (unpaired) electrons. The van der Waals surface area contributed by atoms with Gasteiger partial charge in [-0.25, -0.2) is 19.2 Å². The van der Waals surface area contributed by atoms with Gasteiger partial charge < -0.3 is 15.4 Å². The summed E-state index contributed by atoms with van der Waals surface area (Å²) in [6.45, 7) is 1.94. The largest absolute Gasteiger partial charge is 0.443 e. The number of nitrogens with zero attached hydrogens (tertiary/aromatic N) is 6. The fourth-order valence-corrected chi connectivity index (χ4v) is 4.65. The number of amides is 1. The zero-order chi connectivity index (χ0) is 25.6. The Labute approximate surface area is 211 Å². The minimum absolute atomic E-state index is 0.219. The van der Waals surface area contributed by atoms with E-state index in [-0.39, 0.29) is 11.2 Å². The lowest BCUT2D eigenvalue weighted by Crippen LogP contribution is -2.38. The van der Waals surface area contributed by atoms with Gasteiger partial charge >= 0.3 is 6.09 Å². The summed E-state index contributed by atoms with van der Waals surface area (Å²) in [5.74, 6) is 0.349. The van der Waals surface area contributed by atoms with Crippen LogP contribution < -0.4 is 10.6 Å². The molecule has 12 heteroatoms. The molecule has 0 aliphatic heterocycles. The van der Waals surface area contributed by atoms with Crippen molar-refractivity contribution in [1.82, 2.24) is 34.9 Å². The van der Waals surface area contributed by atoms with E-state index < -0.39 is 24.3 Å². The van der Waals surface area contributed by atoms with Gasteiger partial charge in [0, 0.05) is 52.9 Å². The van der Waals surface area contributed by atoms with Gasteiger partial charge in [0.2, 0.25) is 5.95 Å². The first kappa shape index (κ1) is 22.9. The number of H-pyrrole nitrogens is 1. The Kier molecular flexibility index (Phi) is 5.48. The first-order valence-electron chi connectivity index (χ1n) is 12.1. The van der Waals surface area contributed by atoms with Crippen molar-refractivity contribution in [2.24, 2.45) is 0 Å². The molecular weight excluding hydrogens is 477 g/mol. The van der Waals surface area contributed by atoms with Gasteiger partial charge in [0.1, 0.15) is 18.3 Å². The van der Waals surface area contributed by atoms with Crippen LogP contribution in [-0.2, 0) is 4.74 Å². The minimum atomic E-state index is -1.35. The summed E-state index contributed by atoms with van der Waals surface area (Å²) in [5.41, 5.74) is 2.69. The monoisotopic (exact) mass is 501 g/mol. The van der Waals surface area contributed by atoms with Gasteiger partial charge in [0.15, 0.2) is 17.2 Å². The summed E-state index contributed by atoms with van der Waals surface area (Å²) in [6, 6.07) is 7.48. The Morgan fingerprint density at radius 3 is 2.97 bits per heavy atom. The molecule has 2 fully saturated rings. The Balaban J connectivity index is 1.19. The molecule has 3 N–H and O–H groups in total.